The number of benzene rings is 1. The summed E-state index contributed by atoms with van der Waals surface area (Å²) in [6.07, 6.45) is 3.72. The zero-order valence-electron chi connectivity index (χ0n) is 10.9. The Morgan fingerprint density at radius 3 is 1.53 bits per heavy atom. The quantitative estimate of drug-likeness (QED) is 0.662. The summed E-state index contributed by atoms with van der Waals surface area (Å²) in [4.78, 5) is 0. The maximum absolute atomic E-state index is 2.36. The van der Waals surface area contributed by atoms with Gasteiger partial charge in [-0.05, 0) is 44.1 Å². The van der Waals surface area contributed by atoms with Crippen molar-refractivity contribution >= 4 is 0 Å². The van der Waals surface area contributed by atoms with E-state index in [4.69, 9.17) is 0 Å². The van der Waals surface area contributed by atoms with Crippen LogP contribution in [0, 0.1) is 13.8 Å². The molecule has 0 fully saturated rings. The smallest absolute Gasteiger partial charge is 0.00546 e. The van der Waals surface area contributed by atoms with Crippen molar-refractivity contribution in [3.63, 3.8) is 0 Å². The maximum atomic E-state index is 2.36. The lowest BCUT2D eigenvalue weighted by atomic mass is 9.73. The Morgan fingerprint density at radius 1 is 0.800 bits per heavy atom. The van der Waals surface area contributed by atoms with Gasteiger partial charge in [-0.25, -0.2) is 0 Å². The fourth-order valence-electron chi connectivity index (χ4n) is 2.64. The molecule has 0 aliphatic heterocycles. The first-order valence-corrected chi connectivity index (χ1v) is 6.16. The highest BCUT2D eigenvalue weighted by molar-refractivity contribution is 5.34. The monoisotopic (exact) mass is 204 g/mol. The first kappa shape index (κ1) is 12.3. The minimum atomic E-state index is 0.400. The fraction of sp³-hybridized carbons (Fsp3) is 0.600. The van der Waals surface area contributed by atoms with Gasteiger partial charge in [-0.15, -0.1) is 0 Å². The van der Waals surface area contributed by atoms with Gasteiger partial charge in [-0.2, -0.15) is 0 Å². The van der Waals surface area contributed by atoms with E-state index < -0.39 is 0 Å². The molecule has 84 valence electrons. The molecular formula is C15H24. The number of hydrogen-bond acceptors (Lipinski definition) is 0. The van der Waals surface area contributed by atoms with Crippen molar-refractivity contribution in [2.75, 3.05) is 0 Å². The molecule has 0 spiro atoms. The van der Waals surface area contributed by atoms with Crippen molar-refractivity contribution in [1.29, 1.82) is 0 Å². The molecule has 0 amide bonds. The normalized spacial score (nSPS) is 11.8. The van der Waals surface area contributed by atoms with Crippen LogP contribution in [-0.4, -0.2) is 0 Å². The highest BCUT2D eigenvalue weighted by atomic mass is 14.3. The molecule has 0 heteroatoms. The van der Waals surface area contributed by atoms with E-state index in [1.807, 2.05) is 0 Å². The average Bonchev–Trinajstić information content (AvgIpc) is 2.20. The van der Waals surface area contributed by atoms with Crippen molar-refractivity contribution in [1.82, 2.24) is 0 Å². The van der Waals surface area contributed by atoms with Gasteiger partial charge < -0.3 is 0 Å². The van der Waals surface area contributed by atoms with Gasteiger partial charge >= 0.3 is 0 Å². The van der Waals surface area contributed by atoms with Crippen LogP contribution in [0.1, 0.15) is 56.7 Å². The van der Waals surface area contributed by atoms with Crippen molar-refractivity contribution in [2.45, 2.75) is 59.3 Å². The topological polar surface area (TPSA) is 0 Å². The van der Waals surface area contributed by atoms with Crippen LogP contribution in [0.15, 0.2) is 18.2 Å². The highest BCUT2D eigenvalue weighted by Crippen LogP contribution is 2.35. The molecule has 0 unspecified atom stereocenters. The molecule has 0 radical (unpaired) electrons. The van der Waals surface area contributed by atoms with E-state index in [1.165, 1.54) is 36.0 Å². The molecule has 0 heterocycles. The van der Waals surface area contributed by atoms with Gasteiger partial charge in [0.2, 0.25) is 0 Å². The van der Waals surface area contributed by atoms with E-state index in [0.717, 1.165) is 0 Å². The molecule has 0 aliphatic carbocycles. The largest absolute Gasteiger partial charge is 0.0645 e. The molecular weight excluding hydrogens is 180 g/mol. The highest BCUT2D eigenvalue weighted by Gasteiger charge is 2.26. The summed E-state index contributed by atoms with van der Waals surface area (Å²) in [7, 11) is 0. The molecule has 0 aliphatic rings. The van der Waals surface area contributed by atoms with Gasteiger partial charge in [0.1, 0.15) is 0 Å². The minimum absolute atomic E-state index is 0.400. The van der Waals surface area contributed by atoms with E-state index in [2.05, 4.69) is 52.8 Å². The van der Waals surface area contributed by atoms with Crippen LogP contribution in [-0.2, 0) is 5.41 Å². The third-order valence-corrected chi connectivity index (χ3v) is 3.86. The van der Waals surface area contributed by atoms with Crippen LogP contribution in [0.3, 0.4) is 0 Å². The number of rotatable bonds is 4. The summed E-state index contributed by atoms with van der Waals surface area (Å²) < 4.78 is 0. The third kappa shape index (κ3) is 2.42. The Morgan fingerprint density at radius 2 is 1.20 bits per heavy atom. The number of aryl methyl sites for hydroxylation is 2. The van der Waals surface area contributed by atoms with Crippen LogP contribution < -0.4 is 0 Å². The molecule has 0 N–H and O–H groups in total. The van der Waals surface area contributed by atoms with Gasteiger partial charge in [0.05, 0.1) is 0 Å². The summed E-state index contributed by atoms with van der Waals surface area (Å²) in [5, 5.41) is 0. The lowest BCUT2D eigenvalue weighted by Crippen LogP contribution is -2.23. The maximum Gasteiger partial charge on any atom is -0.00546 e. The molecule has 0 atom stereocenters. The van der Waals surface area contributed by atoms with Crippen molar-refractivity contribution in [2.24, 2.45) is 0 Å². The Hall–Kier alpha value is -0.780. The summed E-state index contributed by atoms with van der Waals surface area (Å²) in [6, 6.07) is 6.99. The third-order valence-electron chi connectivity index (χ3n) is 3.86. The Bertz CT molecular complexity index is 290. The van der Waals surface area contributed by atoms with Crippen LogP contribution in [0.25, 0.3) is 0 Å². The van der Waals surface area contributed by atoms with Gasteiger partial charge in [0.15, 0.2) is 0 Å². The predicted octanol–water partition coefficient (Wildman–Crippen LogP) is 4.77. The zero-order valence-corrected chi connectivity index (χ0v) is 10.9. The fourth-order valence-corrected chi connectivity index (χ4v) is 2.64. The predicted molar refractivity (Wildman–Crippen MR) is 68.5 cm³/mol. The standard InChI is InChI=1S/C15H24/c1-6-15(7-2,8-3)14-10-12(4)9-13(5)11-14/h9-11H,6-8H2,1-5H3. The van der Waals surface area contributed by atoms with E-state index >= 15 is 0 Å². The summed E-state index contributed by atoms with van der Waals surface area (Å²) in [6.45, 7) is 11.3. The zero-order chi connectivity index (χ0) is 11.5. The molecule has 0 bridgehead atoms. The lowest BCUT2D eigenvalue weighted by Gasteiger charge is -2.31. The molecule has 1 aromatic carbocycles. The van der Waals surface area contributed by atoms with Crippen LogP contribution in [0.5, 0.6) is 0 Å². The summed E-state index contributed by atoms with van der Waals surface area (Å²) in [5.41, 5.74) is 4.72. The average molecular weight is 204 g/mol. The van der Waals surface area contributed by atoms with Crippen molar-refractivity contribution in [3.05, 3.63) is 34.9 Å². The summed E-state index contributed by atoms with van der Waals surface area (Å²) in [5.74, 6) is 0. The van der Waals surface area contributed by atoms with E-state index in [1.54, 1.807) is 0 Å². The van der Waals surface area contributed by atoms with Gasteiger partial charge in [-0.1, -0.05) is 50.1 Å². The van der Waals surface area contributed by atoms with E-state index in [9.17, 15) is 0 Å². The molecule has 15 heavy (non-hydrogen) atoms. The first-order valence-electron chi connectivity index (χ1n) is 6.16. The van der Waals surface area contributed by atoms with Crippen LogP contribution in [0.4, 0.5) is 0 Å². The van der Waals surface area contributed by atoms with E-state index in [0.29, 0.717) is 5.41 Å². The first-order chi connectivity index (χ1) is 7.07. The summed E-state index contributed by atoms with van der Waals surface area (Å²) >= 11 is 0. The van der Waals surface area contributed by atoms with E-state index in [-0.39, 0.29) is 0 Å². The van der Waals surface area contributed by atoms with Crippen LogP contribution in [0.2, 0.25) is 0 Å². The molecule has 1 rings (SSSR count). The number of hydrogen-bond donors (Lipinski definition) is 0. The van der Waals surface area contributed by atoms with Crippen molar-refractivity contribution < 1.29 is 0 Å². The second-order valence-corrected chi connectivity index (χ2v) is 4.72. The molecule has 0 saturated carbocycles. The molecule has 0 nitrogen and oxygen atoms in total. The minimum Gasteiger partial charge on any atom is -0.0645 e. The Balaban J connectivity index is 3.22. The van der Waals surface area contributed by atoms with Gasteiger partial charge in [0.25, 0.3) is 0 Å². The van der Waals surface area contributed by atoms with Gasteiger partial charge in [0, 0.05) is 0 Å². The van der Waals surface area contributed by atoms with Gasteiger partial charge in [-0.3, -0.25) is 0 Å². The molecule has 1 aromatic rings. The Labute approximate surface area is 94.7 Å². The molecule has 0 aromatic heterocycles. The second-order valence-electron chi connectivity index (χ2n) is 4.72. The Kier molecular flexibility index (Phi) is 3.96. The van der Waals surface area contributed by atoms with Crippen LogP contribution >= 0.6 is 0 Å². The van der Waals surface area contributed by atoms with Crippen molar-refractivity contribution in [3.8, 4) is 0 Å². The SMILES string of the molecule is CCC(CC)(CC)c1cc(C)cc(C)c1. The second kappa shape index (κ2) is 4.83. The molecule has 0 saturated heterocycles. The lowest BCUT2D eigenvalue weighted by molar-refractivity contribution is 0.381.